The molecule has 0 aliphatic heterocycles. The Bertz CT molecular complexity index is 390. The summed E-state index contributed by atoms with van der Waals surface area (Å²) in [5.74, 6) is -0.461. The van der Waals surface area contributed by atoms with Crippen molar-refractivity contribution in [2.45, 2.75) is 32.6 Å². The minimum Gasteiger partial charge on any atom is -0.460 e. The van der Waals surface area contributed by atoms with Crippen LogP contribution in [0, 0.1) is 0 Å². The van der Waals surface area contributed by atoms with Crippen LogP contribution in [0.25, 0.3) is 0 Å². The standard InChI is InChI=1S/C15H23NO5/c1-4-13(17)8-6-5-7-10-21-15(19)16-9-11-20-14(18)12(2)3/h4H,1-2,5-11H2,3H3,(H,16,19). The molecule has 0 rings (SSSR count). The van der Waals surface area contributed by atoms with E-state index < -0.39 is 12.1 Å². The number of ether oxygens (including phenoxy) is 2. The number of alkyl carbamates (subject to hydrolysis) is 1. The van der Waals surface area contributed by atoms with E-state index in [4.69, 9.17) is 9.47 Å². The van der Waals surface area contributed by atoms with Crippen molar-refractivity contribution in [2.24, 2.45) is 0 Å². The summed E-state index contributed by atoms with van der Waals surface area (Å²) in [6.45, 7) is 8.93. The zero-order valence-electron chi connectivity index (χ0n) is 12.5. The van der Waals surface area contributed by atoms with Crippen LogP contribution in [0.15, 0.2) is 24.8 Å². The first-order valence-corrected chi connectivity index (χ1v) is 6.86. The fourth-order valence-corrected chi connectivity index (χ4v) is 1.32. The lowest BCUT2D eigenvalue weighted by Gasteiger charge is -2.07. The van der Waals surface area contributed by atoms with E-state index in [0.717, 1.165) is 12.8 Å². The predicted octanol–water partition coefficient (Wildman–Crippen LogP) is 2.15. The van der Waals surface area contributed by atoms with Crippen molar-refractivity contribution in [2.75, 3.05) is 19.8 Å². The number of carbonyl (C=O) groups is 3. The average Bonchev–Trinajstić information content (AvgIpc) is 2.46. The number of allylic oxidation sites excluding steroid dienone is 1. The third-order valence-corrected chi connectivity index (χ3v) is 2.48. The van der Waals surface area contributed by atoms with Gasteiger partial charge in [-0.05, 0) is 32.3 Å². The maximum absolute atomic E-state index is 11.3. The molecule has 0 saturated carbocycles. The monoisotopic (exact) mass is 297 g/mol. The van der Waals surface area contributed by atoms with E-state index in [1.54, 1.807) is 6.92 Å². The van der Waals surface area contributed by atoms with Gasteiger partial charge in [0, 0.05) is 12.0 Å². The Morgan fingerprint density at radius 1 is 1.10 bits per heavy atom. The van der Waals surface area contributed by atoms with Gasteiger partial charge in [-0.25, -0.2) is 9.59 Å². The maximum Gasteiger partial charge on any atom is 0.407 e. The third-order valence-electron chi connectivity index (χ3n) is 2.48. The number of ketones is 1. The average molecular weight is 297 g/mol. The van der Waals surface area contributed by atoms with Gasteiger partial charge < -0.3 is 14.8 Å². The highest BCUT2D eigenvalue weighted by Gasteiger charge is 2.04. The lowest BCUT2D eigenvalue weighted by Crippen LogP contribution is -2.29. The smallest absolute Gasteiger partial charge is 0.407 e. The number of hydrogen-bond donors (Lipinski definition) is 1. The molecule has 0 unspecified atom stereocenters. The van der Waals surface area contributed by atoms with Gasteiger partial charge >= 0.3 is 12.1 Å². The zero-order chi connectivity index (χ0) is 16.1. The summed E-state index contributed by atoms with van der Waals surface area (Å²) in [5, 5.41) is 2.46. The van der Waals surface area contributed by atoms with E-state index >= 15 is 0 Å². The molecule has 6 nitrogen and oxygen atoms in total. The number of rotatable bonds is 11. The van der Waals surface area contributed by atoms with E-state index in [1.807, 2.05) is 0 Å². The SMILES string of the molecule is C=CC(=O)CCCCCOC(=O)NCCOC(=O)C(=C)C. The Morgan fingerprint density at radius 3 is 2.43 bits per heavy atom. The van der Waals surface area contributed by atoms with Crippen LogP contribution in [-0.4, -0.2) is 37.6 Å². The lowest BCUT2D eigenvalue weighted by atomic mass is 10.1. The van der Waals surface area contributed by atoms with E-state index in [9.17, 15) is 14.4 Å². The van der Waals surface area contributed by atoms with E-state index in [2.05, 4.69) is 18.5 Å². The van der Waals surface area contributed by atoms with E-state index in [0.29, 0.717) is 25.0 Å². The zero-order valence-corrected chi connectivity index (χ0v) is 12.5. The van der Waals surface area contributed by atoms with Crippen molar-refractivity contribution < 1.29 is 23.9 Å². The molecule has 6 heteroatoms. The fourth-order valence-electron chi connectivity index (χ4n) is 1.32. The summed E-state index contributed by atoms with van der Waals surface area (Å²) in [6.07, 6.45) is 3.50. The van der Waals surface area contributed by atoms with Gasteiger partial charge in [0.25, 0.3) is 0 Å². The molecule has 0 aliphatic carbocycles. The molecule has 0 spiro atoms. The Hall–Kier alpha value is -2.11. The second-order valence-electron chi connectivity index (χ2n) is 4.46. The molecule has 0 aromatic heterocycles. The topological polar surface area (TPSA) is 81.7 Å². The van der Waals surface area contributed by atoms with E-state index in [1.165, 1.54) is 6.08 Å². The van der Waals surface area contributed by atoms with Crippen LogP contribution in [0.1, 0.15) is 32.6 Å². The highest BCUT2D eigenvalue weighted by atomic mass is 16.6. The van der Waals surface area contributed by atoms with Crippen molar-refractivity contribution in [3.8, 4) is 0 Å². The van der Waals surface area contributed by atoms with Crippen LogP contribution in [0.3, 0.4) is 0 Å². The lowest BCUT2D eigenvalue weighted by molar-refractivity contribution is -0.138. The maximum atomic E-state index is 11.3. The molecule has 0 heterocycles. The molecule has 118 valence electrons. The molecule has 21 heavy (non-hydrogen) atoms. The number of hydrogen-bond acceptors (Lipinski definition) is 5. The van der Waals surface area contributed by atoms with Gasteiger partial charge in [-0.2, -0.15) is 0 Å². The van der Waals surface area contributed by atoms with Crippen molar-refractivity contribution in [1.82, 2.24) is 5.32 Å². The molecular weight excluding hydrogens is 274 g/mol. The summed E-state index contributed by atoms with van der Waals surface area (Å²) in [5.41, 5.74) is 0.313. The molecule has 0 aromatic rings. The first-order chi connectivity index (χ1) is 9.97. The molecule has 1 amide bonds. The molecule has 1 N–H and O–H groups in total. The van der Waals surface area contributed by atoms with Crippen molar-refractivity contribution in [3.63, 3.8) is 0 Å². The molecule has 0 bridgehead atoms. The van der Waals surface area contributed by atoms with E-state index in [-0.39, 0.29) is 18.9 Å². The summed E-state index contributed by atoms with van der Waals surface area (Å²) >= 11 is 0. The number of nitrogens with one attached hydrogen (secondary N) is 1. The van der Waals surface area contributed by atoms with Crippen molar-refractivity contribution in [1.29, 1.82) is 0 Å². The first kappa shape index (κ1) is 18.9. The minimum absolute atomic E-state index is 0.0259. The van der Waals surface area contributed by atoms with Crippen molar-refractivity contribution in [3.05, 3.63) is 24.8 Å². The number of amides is 1. The second kappa shape index (κ2) is 11.7. The molecule has 0 aromatic carbocycles. The fraction of sp³-hybridized carbons (Fsp3) is 0.533. The van der Waals surface area contributed by atoms with Crippen LogP contribution in [-0.2, 0) is 19.1 Å². The summed E-state index contributed by atoms with van der Waals surface area (Å²) in [7, 11) is 0. The van der Waals surface area contributed by atoms with Gasteiger partial charge in [0.15, 0.2) is 5.78 Å². The van der Waals surface area contributed by atoms with Gasteiger partial charge in [-0.15, -0.1) is 0 Å². The number of unbranched alkanes of at least 4 members (excludes halogenated alkanes) is 2. The molecular formula is C15H23NO5. The molecule has 0 saturated heterocycles. The van der Waals surface area contributed by atoms with Gasteiger partial charge in [0.1, 0.15) is 6.61 Å². The predicted molar refractivity (Wildman–Crippen MR) is 78.8 cm³/mol. The van der Waals surface area contributed by atoms with Crippen LogP contribution < -0.4 is 5.32 Å². The van der Waals surface area contributed by atoms with Gasteiger partial charge in [0.2, 0.25) is 0 Å². The number of carbonyl (C=O) groups excluding carboxylic acids is 3. The molecule has 0 aliphatic rings. The highest BCUT2D eigenvalue weighted by Crippen LogP contribution is 2.01. The Labute approximate surface area is 125 Å². The Balaban J connectivity index is 3.42. The molecule has 0 fully saturated rings. The van der Waals surface area contributed by atoms with Crippen LogP contribution in [0.5, 0.6) is 0 Å². The highest BCUT2D eigenvalue weighted by molar-refractivity contribution is 5.88. The Kier molecular flexibility index (Phi) is 10.5. The minimum atomic E-state index is -0.552. The molecule has 0 atom stereocenters. The van der Waals surface area contributed by atoms with Crippen LogP contribution in [0.4, 0.5) is 4.79 Å². The quantitative estimate of drug-likeness (QED) is 0.359. The summed E-state index contributed by atoms with van der Waals surface area (Å²) < 4.78 is 9.71. The van der Waals surface area contributed by atoms with Gasteiger partial charge in [-0.3, -0.25) is 4.79 Å². The van der Waals surface area contributed by atoms with Gasteiger partial charge in [0.05, 0.1) is 13.2 Å². The molecule has 0 radical (unpaired) electrons. The largest absolute Gasteiger partial charge is 0.460 e. The normalized spacial score (nSPS) is 9.57. The van der Waals surface area contributed by atoms with Gasteiger partial charge in [-0.1, -0.05) is 13.2 Å². The second-order valence-corrected chi connectivity index (χ2v) is 4.46. The van der Waals surface area contributed by atoms with Crippen molar-refractivity contribution >= 4 is 17.8 Å². The summed E-state index contributed by atoms with van der Waals surface area (Å²) in [6, 6.07) is 0. The number of esters is 1. The third kappa shape index (κ3) is 11.4. The van der Waals surface area contributed by atoms with Crippen LogP contribution >= 0.6 is 0 Å². The summed E-state index contributed by atoms with van der Waals surface area (Å²) in [4.78, 5) is 33.2. The Morgan fingerprint density at radius 2 is 1.81 bits per heavy atom. The first-order valence-electron chi connectivity index (χ1n) is 6.86. The van der Waals surface area contributed by atoms with Crippen LogP contribution in [0.2, 0.25) is 0 Å².